The van der Waals surface area contributed by atoms with Crippen LogP contribution in [0.3, 0.4) is 0 Å². The minimum Gasteiger partial charge on any atom is -0.443 e. The summed E-state index contributed by atoms with van der Waals surface area (Å²) in [6.07, 6.45) is 5.07. The molecule has 14 heteroatoms. The molecule has 10 nitrogen and oxygen atoms in total. The summed E-state index contributed by atoms with van der Waals surface area (Å²) in [5.41, 5.74) is -2.08. The Balaban J connectivity index is 1.69. The number of guanidine groups is 1. The van der Waals surface area contributed by atoms with Gasteiger partial charge in [0.15, 0.2) is 5.83 Å². The van der Waals surface area contributed by atoms with E-state index in [-0.39, 0.29) is 29.5 Å². The van der Waals surface area contributed by atoms with Gasteiger partial charge in [-0.15, -0.1) is 0 Å². The van der Waals surface area contributed by atoms with E-state index in [4.69, 9.17) is 9.47 Å². The zero-order valence-corrected chi connectivity index (χ0v) is 30.0. The molecule has 1 atom stereocenters. The molecule has 1 amide bonds. The Kier molecular flexibility index (Phi) is 10.6. The maximum Gasteiger partial charge on any atom is 0.419 e. The van der Waals surface area contributed by atoms with Gasteiger partial charge in [-0.05, 0) is 76.3 Å². The van der Waals surface area contributed by atoms with Crippen LogP contribution in [0.2, 0.25) is 25.7 Å². The number of aromatic nitrogens is 2. The van der Waals surface area contributed by atoms with Crippen LogP contribution in [0.4, 0.5) is 13.6 Å². The van der Waals surface area contributed by atoms with Crippen LogP contribution in [-0.2, 0) is 25.0 Å². The van der Waals surface area contributed by atoms with Gasteiger partial charge < -0.3 is 9.47 Å². The molecule has 1 aliphatic heterocycles. The van der Waals surface area contributed by atoms with Crippen LogP contribution in [0, 0.1) is 23.6 Å². The van der Waals surface area contributed by atoms with Crippen LogP contribution >= 0.6 is 0 Å². The number of sulfonamides is 1. The first-order valence-electron chi connectivity index (χ1n) is 15.4. The van der Waals surface area contributed by atoms with Gasteiger partial charge in [0.25, 0.3) is 0 Å². The van der Waals surface area contributed by atoms with Crippen LogP contribution in [0.1, 0.15) is 63.1 Å². The summed E-state index contributed by atoms with van der Waals surface area (Å²) in [5.74, 6) is 4.01. The van der Waals surface area contributed by atoms with Crippen molar-refractivity contribution in [2.45, 2.75) is 77.4 Å². The van der Waals surface area contributed by atoms with E-state index in [0.717, 1.165) is 40.2 Å². The van der Waals surface area contributed by atoms with Gasteiger partial charge in [0.2, 0.25) is 16.0 Å². The maximum absolute atomic E-state index is 15.5. The highest BCUT2D eigenvalue weighted by Gasteiger charge is 2.45. The van der Waals surface area contributed by atoms with Gasteiger partial charge in [-0.3, -0.25) is 0 Å². The van der Waals surface area contributed by atoms with Crippen molar-refractivity contribution < 1.29 is 31.5 Å². The van der Waals surface area contributed by atoms with E-state index in [0.29, 0.717) is 18.2 Å². The van der Waals surface area contributed by atoms with Crippen molar-refractivity contribution in [3.05, 3.63) is 58.9 Å². The third-order valence-electron chi connectivity index (χ3n) is 7.32. The predicted molar refractivity (Wildman–Crippen MR) is 180 cm³/mol. The smallest absolute Gasteiger partial charge is 0.419 e. The normalized spacial score (nSPS) is 19.8. The molecule has 2 aromatic rings. The number of carbonyl (C=O) groups is 1. The van der Waals surface area contributed by atoms with Crippen LogP contribution in [0.15, 0.2) is 35.6 Å². The number of hydrogen-bond donors (Lipinski definition) is 0. The van der Waals surface area contributed by atoms with Gasteiger partial charge in [0.05, 0.1) is 18.1 Å². The summed E-state index contributed by atoms with van der Waals surface area (Å²) in [7, 11) is -4.34. The fourth-order valence-electron chi connectivity index (χ4n) is 4.50. The van der Waals surface area contributed by atoms with E-state index in [9.17, 15) is 13.2 Å². The molecule has 2 heterocycles. The number of benzene rings is 1. The van der Waals surface area contributed by atoms with Crippen molar-refractivity contribution in [1.29, 1.82) is 0 Å². The van der Waals surface area contributed by atoms with E-state index < -0.39 is 52.7 Å². The predicted octanol–water partition coefficient (Wildman–Crippen LogP) is 6.24. The van der Waals surface area contributed by atoms with Crippen molar-refractivity contribution in [1.82, 2.24) is 19.2 Å². The molecule has 254 valence electrons. The quantitative estimate of drug-likeness (QED) is 0.140. The third-order valence-corrected chi connectivity index (χ3v) is 11.0. The topological polar surface area (TPSA) is 114 Å². The average molecular weight is 688 g/mol. The number of ether oxygens (including phenoxy) is 2. The lowest BCUT2D eigenvalue weighted by molar-refractivity contribution is 0.00806. The van der Waals surface area contributed by atoms with E-state index >= 15 is 8.78 Å². The number of carbonyl (C=O) groups excluding carboxylic acids is 1. The molecule has 0 saturated heterocycles. The van der Waals surface area contributed by atoms with Gasteiger partial charge in [-0.2, -0.15) is 0 Å². The minimum absolute atomic E-state index is 0.0386. The summed E-state index contributed by atoms with van der Waals surface area (Å²) in [6.45, 7) is 13.0. The molecule has 2 aliphatic rings. The van der Waals surface area contributed by atoms with Gasteiger partial charge in [-0.25, -0.2) is 46.2 Å². The lowest BCUT2D eigenvalue weighted by Crippen LogP contribution is -2.56. The van der Waals surface area contributed by atoms with Crippen molar-refractivity contribution in [3.8, 4) is 11.8 Å². The highest BCUT2D eigenvalue weighted by atomic mass is 32.2. The second kappa shape index (κ2) is 13.8. The van der Waals surface area contributed by atoms with Crippen molar-refractivity contribution in [2.24, 2.45) is 10.9 Å². The molecule has 0 spiro atoms. The summed E-state index contributed by atoms with van der Waals surface area (Å²) in [5, 5.41) is 0. The van der Waals surface area contributed by atoms with E-state index in [1.54, 1.807) is 20.8 Å². The summed E-state index contributed by atoms with van der Waals surface area (Å²) in [4.78, 5) is 27.3. The average Bonchev–Trinajstić information content (AvgIpc) is 3.78. The molecule has 1 aromatic carbocycles. The zero-order valence-electron chi connectivity index (χ0n) is 28.2. The first-order chi connectivity index (χ1) is 21.8. The van der Waals surface area contributed by atoms with Gasteiger partial charge in [0, 0.05) is 33.2 Å². The highest BCUT2D eigenvalue weighted by molar-refractivity contribution is 7.89. The standard InChI is InChI=1S/C33H43F2N5O5SSi/c1-32(2,3)45-31(41)40(22-44-15-16-47(6,7)8)30-38-33(4,21-46(42,43)39(30)5)26-17-24(12-14-27(26)34)18-28(35)29-20-36-25(19-37-29)13-11-23-9-10-23/h12,14,17-20,23H,9-10,15-16,21-22H2,1-8H3/b28-18-/t33-/m0/s1. The fourth-order valence-corrected chi connectivity index (χ4v) is 6.77. The Morgan fingerprint density at radius 3 is 2.51 bits per heavy atom. The SMILES string of the molecule is CN1C(N(COCC[Si](C)(C)C)C(=O)OC(C)(C)C)=N[C@](C)(c2cc(/C=C(\F)c3cnc(C#CC4CC4)cn3)ccc2F)CS1(=O)=O. The molecule has 0 N–H and O–H groups in total. The van der Waals surface area contributed by atoms with Crippen LogP contribution in [-0.4, -0.2) is 79.5 Å². The Morgan fingerprint density at radius 2 is 1.91 bits per heavy atom. The Bertz CT molecular complexity index is 1720. The molecular weight excluding hydrogens is 645 g/mol. The lowest BCUT2D eigenvalue weighted by Gasteiger charge is -2.39. The fraction of sp³-hybridized carbons (Fsp3) is 0.515. The third kappa shape index (κ3) is 9.91. The van der Waals surface area contributed by atoms with E-state index in [2.05, 4.69) is 46.4 Å². The molecule has 0 bridgehead atoms. The monoisotopic (exact) mass is 687 g/mol. The number of rotatable bonds is 8. The second-order valence-electron chi connectivity index (χ2n) is 14.2. The zero-order chi connectivity index (χ0) is 34.8. The highest BCUT2D eigenvalue weighted by Crippen LogP contribution is 2.36. The minimum atomic E-state index is -4.13. The second-order valence-corrected chi connectivity index (χ2v) is 21.8. The molecule has 0 radical (unpaired) electrons. The number of hydrogen-bond acceptors (Lipinski definition) is 8. The maximum atomic E-state index is 15.5. The Morgan fingerprint density at radius 1 is 1.21 bits per heavy atom. The van der Waals surface area contributed by atoms with Crippen molar-refractivity contribution in [2.75, 3.05) is 26.1 Å². The Labute approximate surface area is 277 Å². The molecule has 1 fully saturated rings. The van der Waals surface area contributed by atoms with Crippen molar-refractivity contribution >= 4 is 42.1 Å². The lowest BCUT2D eigenvalue weighted by atomic mass is 9.92. The van der Waals surface area contributed by atoms with Crippen LogP contribution in [0.5, 0.6) is 0 Å². The number of halogens is 2. The molecule has 4 rings (SSSR count). The molecule has 0 unspecified atom stereocenters. The summed E-state index contributed by atoms with van der Waals surface area (Å²) < 4.78 is 70.1. The molecule has 1 aromatic heterocycles. The molecule has 1 aliphatic carbocycles. The van der Waals surface area contributed by atoms with Crippen molar-refractivity contribution in [3.63, 3.8) is 0 Å². The van der Waals surface area contributed by atoms with Gasteiger partial charge >= 0.3 is 6.09 Å². The first-order valence-corrected chi connectivity index (χ1v) is 20.7. The molecule has 47 heavy (non-hydrogen) atoms. The largest absolute Gasteiger partial charge is 0.443 e. The van der Waals surface area contributed by atoms with E-state index in [1.807, 2.05) is 0 Å². The molecule has 1 saturated carbocycles. The summed E-state index contributed by atoms with van der Waals surface area (Å²) >= 11 is 0. The number of amides is 1. The molecular formula is C33H43F2N5O5SSi. The number of nitrogens with zero attached hydrogens (tertiary/aromatic N) is 5. The Hall–Kier alpha value is -3.67. The van der Waals surface area contributed by atoms with Gasteiger partial charge in [-0.1, -0.05) is 31.6 Å². The van der Waals surface area contributed by atoms with Gasteiger partial charge in [0.1, 0.15) is 35.1 Å². The summed E-state index contributed by atoms with van der Waals surface area (Å²) in [6, 6.07) is 4.62. The van der Waals surface area contributed by atoms with E-state index in [1.165, 1.54) is 38.5 Å². The first kappa shape index (κ1) is 36.2. The van der Waals surface area contributed by atoms with Crippen LogP contribution < -0.4 is 0 Å². The van der Waals surface area contributed by atoms with Crippen LogP contribution in [0.25, 0.3) is 11.9 Å². The number of aliphatic imine (C=N–C) groups is 1.